The van der Waals surface area contributed by atoms with E-state index in [9.17, 15) is 8.42 Å². The number of anilines is 2. The Morgan fingerprint density at radius 1 is 1.24 bits per heavy atom. The molecule has 0 unspecified atom stereocenters. The van der Waals surface area contributed by atoms with Crippen LogP contribution in [0.3, 0.4) is 0 Å². The lowest BCUT2D eigenvalue weighted by Gasteiger charge is -2.35. The Morgan fingerprint density at radius 2 is 1.90 bits per heavy atom. The van der Waals surface area contributed by atoms with Gasteiger partial charge in [-0.2, -0.15) is 17.4 Å². The number of rotatable bonds is 6. The lowest BCUT2D eigenvalue weighted by atomic mass is 10.2. The summed E-state index contributed by atoms with van der Waals surface area (Å²) < 4.78 is 33.0. The molecule has 1 aromatic carbocycles. The van der Waals surface area contributed by atoms with Gasteiger partial charge in [0.2, 0.25) is 0 Å². The fourth-order valence-electron chi connectivity index (χ4n) is 2.31. The van der Waals surface area contributed by atoms with E-state index in [0.29, 0.717) is 38.5 Å². The summed E-state index contributed by atoms with van der Waals surface area (Å²) in [6.45, 7) is 2.77. The number of benzene rings is 1. The number of hydrogen-bond donors (Lipinski definition) is 2. The van der Waals surface area contributed by atoms with E-state index in [-0.39, 0.29) is 6.54 Å². The van der Waals surface area contributed by atoms with Crippen molar-refractivity contribution in [2.24, 2.45) is 0 Å². The topological polar surface area (TPSA) is 87.9 Å². The first-order valence-electron chi connectivity index (χ1n) is 6.88. The number of ether oxygens (including phenoxy) is 1. The Kier molecular flexibility index (Phi) is 5.40. The van der Waals surface area contributed by atoms with Gasteiger partial charge in [0, 0.05) is 39.8 Å². The number of nitrogens with one attached hydrogen (secondary N) is 1. The Bertz CT molecular complexity index is 556. The maximum Gasteiger partial charge on any atom is 0.279 e. The zero-order chi connectivity index (χ0) is 15.3. The maximum atomic E-state index is 12.1. The van der Waals surface area contributed by atoms with E-state index in [1.54, 1.807) is 0 Å². The van der Waals surface area contributed by atoms with Crippen molar-refractivity contribution in [3.8, 4) is 0 Å². The Balaban J connectivity index is 1.93. The molecule has 0 atom stereocenters. The maximum absolute atomic E-state index is 12.1. The minimum Gasteiger partial charge on any atom is -0.397 e. The molecule has 3 N–H and O–H groups in total. The van der Waals surface area contributed by atoms with Crippen LogP contribution in [0.4, 0.5) is 11.4 Å². The van der Waals surface area contributed by atoms with Gasteiger partial charge in [0.15, 0.2) is 0 Å². The highest BCUT2D eigenvalue weighted by molar-refractivity contribution is 7.87. The summed E-state index contributed by atoms with van der Waals surface area (Å²) in [5, 5.41) is 0. The van der Waals surface area contributed by atoms with Crippen molar-refractivity contribution in [2.75, 3.05) is 57.1 Å². The Labute approximate surface area is 125 Å². The van der Waals surface area contributed by atoms with Crippen LogP contribution in [0.5, 0.6) is 0 Å². The van der Waals surface area contributed by atoms with Gasteiger partial charge in [-0.05, 0) is 12.1 Å². The molecule has 0 spiro atoms. The molecule has 1 aliphatic heterocycles. The summed E-state index contributed by atoms with van der Waals surface area (Å²) in [7, 11) is -1.89. The molecule has 0 amide bonds. The highest BCUT2D eigenvalue weighted by Gasteiger charge is 2.26. The van der Waals surface area contributed by atoms with Crippen molar-refractivity contribution in [2.45, 2.75) is 0 Å². The second kappa shape index (κ2) is 7.08. The van der Waals surface area contributed by atoms with E-state index in [1.807, 2.05) is 24.3 Å². The highest BCUT2D eigenvalue weighted by atomic mass is 32.2. The molecule has 1 fully saturated rings. The third kappa shape index (κ3) is 4.07. The predicted octanol–water partition coefficient (Wildman–Crippen LogP) is -0.128. The van der Waals surface area contributed by atoms with Crippen LogP contribution in [0.15, 0.2) is 24.3 Å². The lowest BCUT2D eigenvalue weighted by Crippen LogP contribution is -2.52. The van der Waals surface area contributed by atoms with Gasteiger partial charge >= 0.3 is 0 Å². The zero-order valence-corrected chi connectivity index (χ0v) is 13.0. The monoisotopic (exact) mass is 314 g/mol. The van der Waals surface area contributed by atoms with Crippen molar-refractivity contribution in [3.63, 3.8) is 0 Å². The molecule has 2 rings (SSSR count). The molecule has 1 aromatic rings. The number of nitrogens with zero attached hydrogens (tertiary/aromatic N) is 2. The highest BCUT2D eigenvalue weighted by Crippen LogP contribution is 2.23. The molecule has 1 heterocycles. The van der Waals surface area contributed by atoms with Gasteiger partial charge in [0.1, 0.15) is 0 Å². The number of piperazine rings is 1. The molecule has 0 bridgehead atoms. The quantitative estimate of drug-likeness (QED) is 0.564. The molecule has 1 saturated heterocycles. The molecular weight excluding hydrogens is 292 g/mol. The van der Waals surface area contributed by atoms with Crippen LogP contribution in [0.1, 0.15) is 0 Å². The first-order chi connectivity index (χ1) is 10.0. The Morgan fingerprint density at radius 3 is 2.52 bits per heavy atom. The number of nitrogens with two attached hydrogens (primary N) is 1. The van der Waals surface area contributed by atoms with E-state index < -0.39 is 10.2 Å². The van der Waals surface area contributed by atoms with Crippen LogP contribution >= 0.6 is 0 Å². The third-order valence-corrected chi connectivity index (χ3v) is 5.06. The summed E-state index contributed by atoms with van der Waals surface area (Å²) in [4.78, 5) is 2.11. The molecule has 0 aromatic heterocycles. The molecule has 1 aliphatic rings. The SMILES string of the molecule is COCCNS(=O)(=O)N1CCN(c2ccccc2N)CC1. The summed E-state index contributed by atoms with van der Waals surface area (Å²) in [5.41, 5.74) is 7.63. The van der Waals surface area contributed by atoms with Gasteiger partial charge in [0.25, 0.3) is 10.2 Å². The molecule has 0 radical (unpaired) electrons. The summed E-state index contributed by atoms with van der Waals surface area (Å²) in [6.07, 6.45) is 0. The van der Waals surface area contributed by atoms with Crippen LogP contribution < -0.4 is 15.4 Å². The van der Waals surface area contributed by atoms with E-state index in [2.05, 4.69) is 9.62 Å². The fourth-order valence-corrected chi connectivity index (χ4v) is 3.48. The Hall–Kier alpha value is -1.35. The normalized spacial score (nSPS) is 17.1. The van der Waals surface area contributed by atoms with Crippen LogP contribution in [-0.2, 0) is 14.9 Å². The second-order valence-electron chi connectivity index (χ2n) is 4.84. The predicted molar refractivity (Wildman–Crippen MR) is 83.4 cm³/mol. The first-order valence-corrected chi connectivity index (χ1v) is 8.32. The summed E-state index contributed by atoms with van der Waals surface area (Å²) >= 11 is 0. The van der Waals surface area contributed by atoms with E-state index in [4.69, 9.17) is 10.5 Å². The van der Waals surface area contributed by atoms with Crippen LogP contribution in [0, 0.1) is 0 Å². The average molecular weight is 314 g/mol. The van der Waals surface area contributed by atoms with Crippen LogP contribution in [-0.4, -0.2) is 59.2 Å². The first kappa shape index (κ1) is 16.0. The molecule has 118 valence electrons. The van der Waals surface area contributed by atoms with Crippen LogP contribution in [0.2, 0.25) is 0 Å². The lowest BCUT2D eigenvalue weighted by molar-refractivity contribution is 0.203. The van der Waals surface area contributed by atoms with Gasteiger partial charge in [-0.15, -0.1) is 0 Å². The molecular formula is C13H22N4O3S. The largest absolute Gasteiger partial charge is 0.397 e. The number of methoxy groups -OCH3 is 1. The van der Waals surface area contributed by atoms with Crippen molar-refractivity contribution < 1.29 is 13.2 Å². The number of hydrogen-bond acceptors (Lipinski definition) is 5. The van der Waals surface area contributed by atoms with Crippen molar-refractivity contribution in [1.82, 2.24) is 9.03 Å². The van der Waals surface area contributed by atoms with Crippen LogP contribution in [0.25, 0.3) is 0 Å². The van der Waals surface area contributed by atoms with Crippen molar-refractivity contribution >= 4 is 21.6 Å². The van der Waals surface area contributed by atoms with Gasteiger partial charge in [-0.25, -0.2) is 0 Å². The average Bonchev–Trinajstić information content (AvgIpc) is 2.48. The summed E-state index contributed by atoms with van der Waals surface area (Å²) in [5.74, 6) is 0. The fraction of sp³-hybridized carbons (Fsp3) is 0.538. The minimum atomic E-state index is -3.43. The minimum absolute atomic E-state index is 0.282. The third-order valence-electron chi connectivity index (χ3n) is 3.45. The van der Waals surface area contributed by atoms with Crippen molar-refractivity contribution in [1.29, 1.82) is 0 Å². The molecule has 0 saturated carbocycles. The van der Waals surface area contributed by atoms with E-state index >= 15 is 0 Å². The van der Waals surface area contributed by atoms with Gasteiger partial charge in [0.05, 0.1) is 18.0 Å². The molecule has 8 heteroatoms. The molecule has 0 aliphatic carbocycles. The summed E-state index contributed by atoms with van der Waals surface area (Å²) in [6, 6.07) is 7.63. The second-order valence-corrected chi connectivity index (χ2v) is 6.59. The zero-order valence-electron chi connectivity index (χ0n) is 12.2. The van der Waals surface area contributed by atoms with E-state index in [1.165, 1.54) is 11.4 Å². The van der Waals surface area contributed by atoms with Gasteiger partial charge in [-0.1, -0.05) is 12.1 Å². The standard InChI is InChI=1S/C13H22N4O3S/c1-20-11-6-15-21(18,19)17-9-7-16(8-10-17)13-5-3-2-4-12(13)14/h2-5,15H,6-11,14H2,1H3. The number of para-hydroxylation sites is 2. The number of nitrogen functional groups attached to an aromatic ring is 1. The molecule has 7 nitrogen and oxygen atoms in total. The van der Waals surface area contributed by atoms with E-state index in [0.717, 1.165) is 5.69 Å². The smallest absolute Gasteiger partial charge is 0.279 e. The van der Waals surface area contributed by atoms with Gasteiger partial charge < -0.3 is 15.4 Å². The van der Waals surface area contributed by atoms with Gasteiger partial charge in [-0.3, -0.25) is 0 Å². The van der Waals surface area contributed by atoms with Crippen molar-refractivity contribution in [3.05, 3.63) is 24.3 Å². The molecule has 21 heavy (non-hydrogen) atoms.